The molecule has 1 aromatic carbocycles. The molecule has 2 fully saturated rings. The van der Waals surface area contributed by atoms with E-state index in [-0.39, 0.29) is 17.0 Å². The van der Waals surface area contributed by atoms with Gasteiger partial charge in [-0.3, -0.25) is 9.52 Å². The van der Waals surface area contributed by atoms with Gasteiger partial charge in [0, 0.05) is 17.1 Å². The second-order valence-electron chi connectivity index (χ2n) is 7.03. The summed E-state index contributed by atoms with van der Waals surface area (Å²) in [7, 11) is -3.59. The monoisotopic (exact) mass is 341 g/mol. The van der Waals surface area contributed by atoms with E-state index in [2.05, 4.69) is 4.72 Å². The molecule has 1 N–H and O–H groups in total. The summed E-state index contributed by atoms with van der Waals surface area (Å²) in [6, 6.07) is 6.51. The quantitative estimate of drug-likeness (QED) is 0.911. The van der Waals surface area contributed by atoms with Crippen molar-refractivity contribution in [3.05, 3.63) is 29.3 Å². The van der Waals surface area contributed by atoms with E-state index in [0.29, 0.717) is 29.5 Å². The lowest BCUT2D eigenvalue weighted by Crippen LogP contribution is -2.43. The van der Waals surface area contributed by atoms with Gasteiger partial charge in [0.15, 0.2) is 0 Å². The van der Waals surface area contributed by atoms with Gasteiger partial charge in [-0.2, -0.15) is 0 Å². The smallest absolute Gasteiger partial charge is 0.233 e. The predicted octanol–water partition coefficient (Wildman–Crippen LogP) is 3.48. The van der Waals surface area contributed by atoms with Crippen LogP contribution in [-0.2, 0) is 14.8 Å². The van der Waals surface area contributed by atoms with E-state index in [1.807, 2.05) is 13.8 Å². The van der Waals surface area contributed by atoms with Gasteiger partial charge in [-0.25, -0.2) is 8.42 Å². The second kappa shape index (κ2) is 4.96. The molecule has 22 heavy (non-hydrogen) atoms. The molecule has 0 saturated heterocycles. The highest BCUT2D eigenvalue weighted by Crippen LogP contribution is 2.64. The first-order valence-corrected chi connectivity index (χ1v) is 9.49. The Morgan fingerprint density at radius 1 is 1.27 bits per heavy atom. The third-order valence-electron chi connectivity index (χ3n) is 5.69. The average Bonchev–Trinajstić information content (AvgIpc) is 2.74. The van der Waals surface area contributed by atoms with E-state index in [1.165, 1.54) is 0 Å². The van der Waals surface area contributed by atoms with Gasteiger partial charge in [0.2, 0.25) is 10.0 Å². The Hall–Kier alpha value is -1.07. The molecule has 120 valence electrons. The summed E-state index contributed by atoms with van der Waals surface area (Å²) in [6.45, 7) is 4.07. The van der Waals surface area contributed by atoms with Crippen LogP contribution in [0.25, 0.3) is 0 Å². The maximum absolute atomic E-state index is 12.6. The fraction of sp³-hybridized carbons (Fsp3) is 0.562. The minimum atomic E-state index is -3.59. The number of Topliss-reactive ketones (excluding diaryl/α,β-unsaturated/α-hetero) is 1. The standard InChI is InChI=1S/C16H20ClNO3S/c1-15(2)11-7-8-16(15,14(19)9-11)10-22(20,21)18-13-5-3-12(17)4-6-13/h3-6,11,18H,7-10H2,1-2H3. The van der Waals surface area contributed by atoms with Gasteiger partial charge in [-0.1, -0.05) is 25.4 Å². The van der Waals surface area contributed by atoms with E-state index >= 15 is 0 Å². The van der Waals surface area contributed by atoms with Crippen LogP contribution in [-0.4, -0.2) is 20.0 Å². The van der Waals surface area contributed by atoms with Crippen molar-refractivity contribution in [2.75, 3.05) is 10.5 Å². The molecule has 2 atom stereocenters. The molecule has 3 rings (SSSR count). The zero-order valence-corrected chi connectivity index (χ0v) is 14.3. The van der Waals surface area contributed by atoms with Crippen molar-refractivity contribution in [2.45, 2.75) is 33.1 Å². The van der Waals surface area contributed by atoms with Crippen LogP contribution >= 0.6 is 11.6 Å². The number of rotatable bonds is 4. The molecule has 2 aliphatic carbocycles. The zero-order chi connectivity index (χ0) is 16.2. The molecule has 0 aliphatic heterocycles. The van der Waals surface area contributed by atoms with Crippen LogP contribution in [0.4, 0.5) is 5.69 Å². The van der Waals surface area contributed by atoms with Crippen molar-refractivity contribution in [1.29, 1.82) is 0 Å². The number of ketones is 1. The molecular formula is C16H20ClNO3S. The second-order valence-corrected chi connectivity index (χ2v) is 9.19. The van der Waals surface area contributed by atoms with Crippen molar-refractivity contribution in [3.63, 3.8) is 0 Å². The van der Waals surface area contributed by atoms with E-state index in [0.717, 1.165) is 6.42 Å². The van der Waals surface area contributed by atoms with E-state index in [1.54, 1.807) is 24.3 Å². The zero-order valence-electron chi connectivity index (χ0n) is 12.7. The van der Waals surface area contributed by atoms with Crippen molar-refractivity contribution in [3.8, 4) is 0 Å². The van der Waals surface area contributed by atoms with Crippen LogP contribution in [0, 0.1) is 16.7 Å². The first-order chi connectivity index (χ1) is 10.2. The van der Waals surface area contributed by atoms with Crippen molar-refractivity contribution in [1.82, 2.24) is 0 Å². The molecule has 2 unspecified atom stereocenters. The number of nitrogens with one attached hydrogen (secondary N) is 1. The minimum absolute atomic E-state index is 0.107. The number of hydrogen-bond donors (Lipinski definition) is 1. The van der Waals surface area contributed by atoms with Crippen LogP contribution in [0.2, 0.25) is 5.02 Å². The highest BCUT2D eigenvalue weighted by molar-refractivity contribution is 7.92. The first kappa shape index (κ1) is 15.8. The molecule has 4 nitrogen and oxygen atoms in total. The van der Waals surface area contributed by atoms with E-state index in [4.69, 9.17) is 11.6 Å². The van der Waals surface area contributed by atoms with Gasteiger partial charge < -0.3 is 0 Å². The van der Waals surface area contributed by atoms with Crippen molar-refractivity contribution < 1.29 is 13.2 Å². The van der Waals surface area contributed by atoms with Gasteiger partial charge in [0.1, 0.15) is 5.78 Å². The van der Waals surface area contributed by atoms with Gasteiger partial charge in [-0.15, -0.1) is 0 Å². The van der Waals surface area contributed by atoms with E-state index < -0.39 is 15.4 Å². The Balaban J connectivity index is 1.85. The van der Waals surface area contributed by atoms with Crippen molar-refractivity contribution >= 4 is 33.1 Å². The average molecular weight is 342 g/mol. The third-order valence-corrected chi connectivity index (χ3v) is 7.36. The largest absolute Gasteiger partial charge is 0.299 e. The topological polar surface area (TPSA) is 63.2 Å². The number of hydrogen-bond acceptors (Lipinski definition) is 3. The molecule has 0 radical (unpaired) electrons. The molecular weight excluding hydrogens is 322 g/mol. The number of carbonyl (C=O) groups excluding carboxylic acids is 1. The summed E-state index contributed by atoms with van der Waals surface area (Å²) in [4.78, 5) is 12.4. The first-order valence-electron chi connectivity index (χ1n) is 7.46. The van der Waals surface area contributed by atoms with Crippen LogP contribution in [0.1, 0.15) is 33.1 Å². The predicted molar refractivity (Wildman–Crippen MR) is 87.4 cm³/mol. The summed E-state index contributed by atoms with van der Waals surface area (Å²) in [5, 5.41) is 0.548. The fourth-order valence-corrected chi connectivity index (χ4v) is 6.19. The Kier molecular flexibility index (Phi) is 3.57. The molecule has 6 heteroatoms. The minimum Gasteiger partial charge on any atom is -0.299 e. The molecule has 0 aromatic heterocycles. The van der Waals surface area contributed by atoms with Crippen LogP contribution < -0.4 is 4.72 Å². The van der Waals surface area contributed by atoms with Gasteiger partial charge in [0.25, 0.3) is 0 Å². The normalized spacial score (nSPS) is 29.8. The Labute approximate surface area is 136 Å². The Morgan fingerprint density at radius 2 is 1.91 bits per heavy atom. The maximum atomic E-state index is 12.6. The number of fused-ring (bicyclic) bond motifs is 2. The number of halogens is 1. The molecule has 0 amide bonds. The summed E-state index contributed by atoms with van der Waals surface area (Å²) in [5.74, 6) is 0.284. The summed E-state index contributed by atoms with van der Waals surface area (Å²) < 4.78 is 27.7. The number of carbonyl (C=O) groups is 1. The maximum Gasteiger partial charge on any atom is 0.233 e. The molecule has 1 aromatic rings. The highest BCUT2D eigenvalue weighted by atomic mass is 35.5. The van der Waals surface area contributed by atoms with Crippen molar-refractivity contribution in [2.24, 2.45) is 16.7 Å². The van der Waals surface area contributed by atoms with Crippen LogP contribution in [0.15, 0.2) is 24.3 Å². The number of benzene rings is 1. The summed E-state index contributed by atoms with van der Waals surface area (Å²) >= 11 is 5.81. The number of sulfonamides is 1. The van der Waals surface area contributed by atoms with Crippen LogP contribution in [0.3, 0.4) is 0 Å². The summed E-state index contributed by atoms with van der Waals surface area (Å²) in [6.07, 6.45) is 2.13. The molecule has 2 bridgehead atoms. The third kappa shape index (κ3) is 2.35. The SMILES string of the molecule is CC1(C)C2CCC1(CS(=O)(=O)Nc1ccc(Cl)cc1)C(=O)C2. The van der Waals surface area contributed by atoms with E-state index in [9.17, 15) is 13.2 Å². The molecule has 2 saturated carbocycles. The Morgan fingerprint density at radius 3 is 2.41 bits per heavy atom. The highest BCUT2D eigenvalue weighted by Gasteiger charge is 2.65. The van der Waals surface area contributed by atoms with Crippen LogP contribution in [0.5, 0.6) is 0 Å². The Bertz CT molecular complexity index is 711. The molecule has 2 aliphatic rings. The lowest BCUT2D eigenvalue weighted by molar-refractivity contribution is -0.128. The lowest BCUT2D eigenvalue weighted by Gasteiger charge is -2.36. The van der Waals surface area contributed by atoms with Gasteiger partial charge in [-0.05, 0) is 48.4 Å². The lowest BCUT2D eigenvalue weighted by atomic mass is 9.70. The number of anilines is 1. The fourth-order valence-electron chi connectivity index (χ4n) is 4.17. The summed E-state index contributed by atoms with van der Waals surface area (Å²) in [5.41, 5.74) is -0.520. The van der Waals surface area contributed by atoms with Gasteiger partial charge in [0.05, 0.1) is 11.2 Å². The molecule has 0 heterocycles. The molecule has 0 spiro atoms. The van der Waals surface area contributed by atoms with Gasteiger partial charge >= 0.3 is 0 Å².